The maximum absolute atomic E-state index is 14.2. The molecule has 1 saturated heterocycles. The van der Waals surface area contributed by atoms with Crippen LogP contribution < -0.4 is 4.90 Å². The molecule has 1 heterocycles. The molecule has 112 valence electrons. The van der Waals surface area contributed by atoms with Crippen LogP contribution in [0.3, 0.4) is 0 Å². The number of benzene rings is 1. The second kappa shape index (κ2) is 5.68. The molecule has 0 bridgehead atoms. The lowest BCUT2D eigenvalue weighted by atomic mass is 10.0. The zero-order valence-corrected chi connectivity index (χ0v) is 12.1. The van der Waals surface area contributed by atoms with Crippen molar-refractivity contribution in [3.05, 3.63) is 29.6 Å². The van der Waals surface area contributed by atoms with Crippen LogP contribution in [0.15, 0.2) is 18.2 Å². The second-order valence-corrected chi connectivity index (χ2v) is 5.95. The molecular weight excluding hydrogens is 261 g/mol. The summed E-state index contributed by atoms with van der Waals surface area (Å²) in [6, 6.07) is 4.75. The smallest absolute Gasteiger partial charge is 0.146 e. The van der Waals surface area contributed by atoms with Gasteiger partial charge < -0.3 is 19.8 Å². The zero-order valence-electron chi connectivity index (χ0n) is 12.1. The van der Waals surface area contributed by atoms with Crippen LogP contribution in [0.1, 0.15) is 32.4 Å². The van der Waals surface area contributed by atoms with Crippen LogP contribution in [0, 0.1) is 5.82 Å². The Bertz CT molecular complexity index is 476. The highest BCUT2D eigenvalue weighted by molar-refractivity contribution is 5.50. The average Bonchev–Trinajstić information content (AvgIpc) is 2.36. The van der Waals surface area contributed by atoms with Crippen LogP contribution in [0.5, 0.6) is 0 Å². The van der Waals surface area contributed by atoms with Gasteiger partial charge in [-0.25, -0.2) is 4.39 Å². The van der Waals surface area contributed by atoms with Crippen LogP contribution in [-0.2, 0) is 4.74 Å². The fraction of sp³-hybridized carbons (Fsp3) is 0.600. The summed E-state index contributed by atoms with van der Waals surface area (Å²) in [5.74, 6) is -0.363. The van der Waals surface area contributed by atoms with Crippen molar-refractivity contribution in [3.8, 4) is 0 Å². The first kappa shape index (κ1) is 15.2. The van der Waals surface area contributed by atoms with Gasteiger partial charge in [-0.05, 0) is 38.5 Å². The van der Waals surface area contributed by atoms with Gasteiger partial charge in [0, 0.05) is 13.1 Å². The summed E-state index contributed by atoms with van der Waals surface area (Å²) in [4.78, 5) is 1.88. The predicted octanol–water partition coefficient (Wildman–Crippen LogP) is 1.86. The number of anilines is 1. The minimum Gasteiger partial charge on any atom is -0.394 e. The number of ether oxygens (including phenoxy) is 1. The Morgan fingerprint density at radius 3 is 2.75 bits per heavy atom. The average molecular weight is 283 g/mol. The van der Waals surface area contributed by atoms with E-state index in [9.17, 15) is 14.6 Å². The fourth-order valence-electron chi connectivity index (χ4n) is 2.61. The Hall–Kier alpha value is -1.17. The maximum Gasteiger partial charge on any atom is 0.146 e. The number of hydrogen-bond donors (Lipinski definition) is 2. The third kappa shape index (κ3) is 3.29. The zero-order chi connectivity index (χ0) is 14.9. The number of aliphatic hydroxyl groups is 2. The first-order valence-corrected chi connectivity index (χ1v) is 6.83. The summed E-state index contributed by atoms with van der Waals surface area (Å²) in [6.07, 6.45) is -1.01. The molecule has 1 aliphatic heterocycles. The molecule has 1 aromatic rings. The molecule has 1 aliphatic rings. The third-order valence-electron chi connectivity index (χ3n) is 3.48. The summed E-state index contributed by atoms with van der Waals surface area (Å²) >= 11 is 0. The van der Waals surface area contributed by atoms with Crippen molar-refractivity contribution >= 4 is 5.69 Å². The summed E-state index contributed by atoms with van der Waals surface area (Å²) in [7, 11) is 0. The number of morpholine rings is 1. The van der Waals surface area contributed by atoms with Gasteiger partial charge in [0.1, 0.15) is 5.82 Å². The molecule has 0 aromatic heterocycles. The van der Waals surface area contributed by atoms with Crippen LogP contribution in [0.25, 0.3) is 0 Å². The van der Waals surface area contributed by atoms with Crippen LogP contribution in [-0.4, -0.2) is 41.6 Å². The molecular formula is C15H22FNO3. The molecule has 4 nitrogen and oxygen atoms in total. The Balaban J connectivity index is 2.26. The highest BCUT2D eigenvalue weighted by Crippen LogP contribution is 2.29. The molecule has 0 aliphatic carbocycles. The number of nitrogens with zero attached hydrogens (tertiary/aromatic N) is 1. The number of aliphatic hydroxyl groups excluding tert-OH is 2. The van der Waals surface area contributed by atoms with E-state index < -0.39 is 11.7 Å². The maximum atomic E-state index is 14.2. The standard InChI is InChI=1S/C15H22FNO3/c1-10(19)11-4-5-14(13(16)6-11)17-7-12(8-18)20-15(2,3)9-17/h4-6,10,12,18-19H,7-9H2,1-3H3. The molecule has 1 fully saturated rings. The molecule has 20 heavy (non-hydrogen) atoms. The molecule has 5 heteroatoms. The summed E-state index contributed by atoms with van der Waals surface area (Å²) in [5.41, 5.74) is 0.586. The van der Waals surface area contributed by atoms with Gasteiger partial charge >= 0.3 is 0 Å². The largest absolute Gasteiger partial charge is 0.394 e. The lowest BCUT2D eigenvalue weighted by Crippen LogP contribution is -2.54. The molecule has 0 amide bonds. The van der Waals surface area contributed by atoms with E-state index in [1.165, 1.54) is 6.07 Å². The minimum atomic E-state index is -0.690. The van der Waals surface area contributed by atoms with Crippen molar-refractivity contribution in [2.75, 3.05) is 24.6 Å². The molecule has 1 aromatic carbocycles. The van der Waals surface area contributed by atoms with Crippen molar-refractivity contribution in [2.24, 2.45) is 0 Å². The Morgan fingerprint density at radius 2 is 2.20 bits per heavy atom. The molecule has 0 spiro atoms. The quantitative estimate of drug-likeness (QED) is 0.889. The van der Waals surface area contributed by atoms with E-state index in [0.29, 0.717) is 24.3 Å². The van der Waals surface area contributed by atoms with E-state index in [4.69, 9.17) is 4.74 Å². The van der Waals surface area contributed by atoms with Gasteiger partial charge in [-0.15, -0.1) is 0 Å². The van der Waals surface area contributed by atoms with Gasteiger partial charge in [0.25, 0.3) is 0 Å². The number of halogens is 1. The second-order valence-electron chi connectivity index (χ2n) is 5.95. The monoisotopic (exact) mass is 283 g/mol. The van der Waals surface area contributed by atoms with Crippen molar-refractivity contribution in [1.29, 1.82) is 0 Å². The van der Waals surface area contributed by atoms with E-state index in [2.05, 4.69) is 0 Å². The van der Waals surface area contributed by atoms with Gasteiger partial charge in [0.15, 0.2) is 0 Å². The Morgan fingerprint density at radius 1 is 1.50 bits per heavy atom. The van der Waals surface area contributed by atoms with E-state index in [1.807, 2.05) is 18.7 Å². The van der Waals surface area contributed by atoms with E-state index in [0.717, 1.165) is 0 Å². The van der Waals surface area contributed by atoms with Gasteiger partial charge in [0.2, 0.25) is 0 Å². The van der Waals surface area contributed by atoms with Crippen molar-refractivity contribution in [2.45, 2.75) is 38.6 Å². The van der Waals surface area contributed by atoms with Crippen LogP contribution >= 0.6 is 0 Å². The van der Waals surface area contributed by atoms with E-state index >= 15 is 0 Å². The highest BCUT2D eigenvalue weighted by atomic mass is 19.1. The lowest BCUT2D eigenvalue weighted by molar-refractivity contribution is -0.101. The van der Waals surface area contributed by atoms with E-state index in [-0.39, 0.29) is 18.5 Å². The van der Waals surface area contributed by atoms with Gasteiger partial charge in [-0.2, -0.15) is 0 Å². The Kier molecular flexibility index (Phi) is 4.32. The van der Waals surface area contributed by atoms with Gasteiger partial charge in [0.05, 0.1) is 30.1 Å². The van der Waals surface area contributed by atoms with E-state index in [1.54, 1.807) is 19.1 Å². The molecule has 0 saturated carbocycles. The molecule has 2 atom stereocenters. The topological polar surface area (TPSA) is 52.9 Å². The summed E-state index contributed by atoms with van der Waals surface area (Å²) in [5, 5.41) is 18.8. The van der Waals surface area contributed by atoms with Crippen molar-refractivity contribution in [3.63, 3.8) is 0 Å². The Labute approximate surface area is 118 Å². The van der Waals surface area contributed by atoms with Crippen LogP contribution in [0.2, 0.25) is 0 Å². The van der Waals surface area contributed by atoms with Gasteiger partial charge in [-0.3, -0.25) is 0 Å². The number of hydrogen-bond acceptors (Lipinski definition) is 4. The van der Waals surface area contributed by atoms with Crippen molar-refractivity contribution in [1.82, 2.24) is 0 Å². The normalized spacial score (nSPS) is 23.7. The SMILES string of the molecule is CC(O)c1ccc(N2CC(CO)OC(C)(C)C2)c(F)c1. The predicted molar refractivity (Wildman–Crippen MR) is 75.3 cm³/mol. The summed E-state index contributed by atoms with van der Waals surface area (Å²) in [6.45, 7) is 6.36. The minimum absolute atomic E-state index is 0.0900. The van der Waals surface area contributed by atoms with Crippen molar-refractivity contribution < 1.29 is 19.3 Å². The third-order valence-corrected chi connectivity index (χ3v) is 3.48. The molecule has 2 N–H and O–H groups in total. The first-order valence-electron chi connectivity index (χ1n) is 6.83. The number of rotatable bonds is 3. The molecule has 2 rings (SSSR count). The van der Waals surface area contributed by atoms with Crippen LogP contribution in [0.4, 0.5) is 10.1 Å². The molecule has 0 radical (unpaired) electrons. The molecule has 2 unspecified atom stereocenters. The first-order chi connectivity index (χ1) is 9.32. The fourth-order valence-corrected chi connectivity index (χ4v) is 2.61. The summed E-state index contributed by atoms with van der Waals surface area (Å²) < 4.78 is 19.9. The lowest BCUT2D eigenvalue weighted by Gasteiger charge is -2.43. The highest BCUT2D eigenvalue weighted by Gasteiger charge is 2.34. The van der Waals surface area contributed by atoms with Gasteiger partial charge in [-0.1, -0.05) is 6.07 Å².